The first-order valence-electron chi connectivity index (χ1n) is 17.4. The Kier molecular flexibility index (Phi) is 8.59. The zero-order chi connectivity index (χ0) is 36.7. The summed E-state index contributed by atoms with van der Waals surface area (Å²) in [6, 6.07) is 5.97. The second-order valence-corrected chi connectivity index (χ2v) is 15.0. The maximum absolute atomic E-state index is 14.2. The third kappa shape index (κ3) is 4.45. The number of hydrogen-bond acceptors (Lipinski definition) is 14. The van der Waals surface area contributed by atoms with Gasteiger partial charge in [-0.3, -0.25) is 19.4 Å². The van der Waals surface area contributed by atoms with Gasteiger partial charge in [0.25, 0.3) is 0 Å². The SMILES string of the molecule is COC[C@]12C=N[C@@H]3[C@@H]4C[C@H]1[C@@]3([C@@H](OC)C[C@H]2OC(C)=O)[C@@]1(OC)C[C@@]2(OC(C)=O)[C@@H](OC)C[C@@]4(OC(C)=O)[C@H]1[C@H]2OC(=O)c1ccc(OC)cc1. The van der Waals surface area contributed by atoms with Gasteiger partial charge in [0.05, 0.1) is 53.8 Å². The lowest BCUT2D eigenvalue weighted by Crippen LogP contribution is -2.80. The molecule has 1 aliphatic heterocycles. The summed E-state index contributed by atoms with van der Waals surface area (Å²) in [5.74, 6) is -3.38. The Labute approximate surface area is 296 Å². The molecule has 14 nitrogen and oxygen atoms in total. The number of methoxy groups -OCH3 is 5. The highest BCUT2D eigenvalue weighted by atomic mass is 16.6. The van der Waals surface area contributed by atoms with Gasteiger partial charge in [-0.05, 0) is 36.6 Å². The van der Waals surface area contributed by atoms with E-state index in [-0.39, 0.29) is 37.4 Å². The Morgan fingerprint density at radius 3 is 2.04 bits per heavy atom. The maximum atomic E-state index is 14.2. The molecule has 7 bridgehead atoms. The number of carbonyl (C=O) groups is 4. The van der Waals surface area contributed by atoms with E-state index in [1.54, 1.807) is 45.6 Å². The van der Waals surface area contributed by atoms with Crippen LogP contribution in [-0.4, -0.2) is 120 Å². The van der Waals surface area contributed by atoms with E-state index in [2.05, 4.69) is 0 Å². The number of rotatable bonds is 11. The number of hydrogen-bond donors (Lipinski definition) is 0. The summed E-state index contributed by atoms with van der Waals surface area (Å²) in [5, 5.41) is 0. The average Bonchev–Trinajstić information content (AvgIpc) is 3.45. The molecule has 1 heterocycles. The van der Waals surface area contributed by atoms with Crippen LogP contribution in [0.3, 0.4) is 0 Å². The van der Waals surface area contributed by atoms with Crippen LogP contribution in [0.5, 0.6) is 5.75 Å². The molecule has 0 radical (unpaired) electrons. The number of nitrogens with zero attached hydrogens (tertiary/aromatic N) is 1. The molecule has 5 fully saturated rings. The molecule has 1 aromatic carbocycles. The van der Waals surface area contributed by atoms with Gasteiger partial charge in [-0.2, -0.15) is 0 Å². The number of benzene rings is 1. The Bertz CT molecular complexity index is 1630. The van der Waals surface area contributed by atoms with Gasteiger partial charge in [-0.25, -0.2) is 4.79 Å². The van der Waals surface area contributed by atoms with Crippen molar-refractivity contribution >= 4 is 30.1 Å². The fraction of sp³-hybridized carbons (Fsp3) is 0.703. The van der Waals surface area contributed by atoms with Gasteiger partial charge in [-0.1, -0.05) is 0 Å². The highest BCUT2D eigenvalue weighted by molar-refractivity contribution is 5.90. The first kappa shape index (κ1) is 35.8. The summed E-state index contributed by atoms with van der Waals surface area (Å²) in [7, 11) is 7.82. The molecule has 5 saturated carbocycles. The van der Waals surface area contributed by atoms with Crippen molar-refractivity contribution in [3.05, 3.63) is 29.8 Å². The van der Waals surface area contributed by atoms with Crippen LogP contribution in [0.4, 0.5) is 0 Å². The van der Waals surface area contributed by atoms with Gasteiger partial charge >= 0.3 is 23.9 Å². The highest BCUT2D eigenvalue weighted by Crippen LogP contribution is 2.82. The predicted molar refractivity (Wildman–Crippen MR) is 176 cm³/mol. The number of esters is 4. The van der Waals surface area contributed by atoms with Crippen molar-refractivity contribution in [2.45, 2.75) is 93.7 Å². The minimum atomic E-state index is -1.57. The van der Waals surface area contributed by atoms with Crippen LogP contribution in [0.2, 0.25) is 0 Å². The largest absolute Gasteiger partial charge is 0.497 e. The fourth-order valence-corrected chi connectivity index (χ4v) is 12.2. The summed E-state index contributed by atoms with van der Waals surface area (Å²) in [6.07, 6.45) is -0.594. The number of aliphatic imine (C=N–C) groups is 1. The van der Waals surface area contributed by atoms with E-state index in [0.717, 1.165) is 0 Å². The highest BCUT2D eigenvalue weighted by Gasteiger charge is 2.93. The number of fused-ring (bicyclic) bond motifs is 2. The average molecular weight is 714 g/mol. The van der Waals surface area contributed by atoms with Crippen molar-refractivity contribution in [1.29, 1.82) is 0 Å². The van der Waals surface area contributed by atoms with E-state index >= 15 is 0 Å². The van der Waals surface area contributed by atoms with Crippen molar-refractivity contribution in [2.24, 2.45) is 33.6 Å². The molecule has 13 atom stereocenters. The van der Waals surface area contributed by atoms with E-state index in [4.69, 9.17) is 47.6 Å². The van der Waals surface area contributed by atoms with Gasteiger partial charge in [0, 0.05) is 80.6 Å². The zero-order valence-electron chi connectivity index (χ0n) is 30.3. The Balaban J connectivity index is 1.51. The number of carbonyl (C=O) groups excluding carboxylic acids is 4. The van der Waals surface area contributed by atoms with Crippen LogP contribution >= 0.6 is 0 Å². The minimum Gasteiger partial charge on any atom is -0.497 e. The molecule has 0 amide bonds. The molecular formula is C37H47NO13. The lowest BCUT2D eigenvalue weighted by Gasteiger charge is -2.69. The first-order chi connectivity index (χ1) is 24.3. The molecule has 5 aliphatic carbocycles. The predicted octanol–water partition coefficient (Wildman–Crippen LogP) is 2.72. The lowest BCUT2D eigenvalue weighted by atomic mass is 9.42. The van der Waals surface area contributed by atoms with Crippen LogP contribution in [0.1, 0.15) is 56.8 Å². The summed E-state index contributed by atoms with van der Waals surface area (Å²) in [6.45, 7) is 4.19. The van der Waals surface area contributed by atoms with E-state index in [1.807, 2.05) is 6.21 Å². The van der Waals surface area contributed by atoms with E-state index < -0.39 is 93.8 Å². The quantitative estimate of drug-likeness (QED) is 0.243. The standard InChI is InChI=1S/C37H47NO13/c1-19(39)48-26-14-27(45-6)37-25-13-24(30(37)38-17-33(25,26)18-43-4)34(50-20(2)40)15-28(46-7)35(51-21(3)41)16-36(37,47-8)29(34)31(35)49-32(42)22-9-11-23(44-5)12-10-22/h9-12,17,24-31H,13-16,18H2,1-8H3/t24-,25+,26+,27-,28-,29+,30+,31+,33+,34-,35+,36+,37-/m0/s1. The van der Waals surface area contributed by atoms with Crippen molar-refractivity contribution in [1.82, 2.24) is 0 Å². The Morgan fingerprint density at radius 1 is 0.804 bits per heavy atom. The topological polar surface area (TPSA) is 164 Å². The fourth-order valence-electron chi connectivity index (χ4n) is 12.2. The molecule has 0 N–H and O–H groups in total. The summed E-state index contributed by atoms with van der Waals surface area (Å²) in [4.78, 5) is 58.6. The second-order valence-electron chi connectivity index (χ2n) is 15.0. The summed E-state index contributed by atoms with van der Waals surface area (Å²) >= 11 is 0. The van der Waals surface area contributed by atoms with Crippen molar-refractivity contribution in [3.63, 3.8) is 0 Å². The van der Waals surface area contributed by atoms with E-state index in [1.165, 1.54) is 35.0 Å². The summed E-state index contributed by atoms with van der Waals surface area (Å²) < 4.78 is 56.3. The van der Waals surface area contributed by atoms with Crippen LogP contribution in [-0.2, 0) is 52.3 Å². The van der Waals surface area contributed by atoms with Crippen LogP contribution in [0.15, 0.2) is 29.3 Å². The van der Waals surface area contributed by atoms with Gasteiger partial charge in [0.1, 0.15) is 23.6 Å². The third-order valence-corrected chi connectivity index (χ3v) is 13.2. The van der Waals surface area contributed by atoms with Gasteiger partial charge in [0.2, 0.25) is 0 Å². The molecule has 51 heavy (non-hydrogen) atoms. The van der Waals surface area contributed by atoms with Gasteiger partial charge in [-0.15, -0.1) is 0 Å². The van der Waals surface area contributed by atoms with Crippen molar-refractivity contribution < 1.29 is 61.8 Å². The number of ether oxygens (including phenoxy) is 9. The molecule has 1 spiro atoms. The monoisotopic (exact) mass is 713 g/mol. The minimum absolute atomic E-state index is 0.0131. The van der Waals surface area contributed by atoms with Crippen LogP contribution in [0, 0.1) is 28.6 Å². The molecule has 1 aromatic rings. The van der Waals surface area contributed by atoms with E-state index in [0.29, 0.717) is 12.2 Å². The maximum Gasteiger partial charge on any atom is 0.338 e. The molecule has 0 saturated heterocycles. The lowest BCUT2D eigenvalue weighted by molar-refractivity contribution is -0.312. The third-order valence-electron chi connectivity index (χ3n) is 13.2. The molecule has 7 rings (SSSR count). The zero-order valence-corrected chi connectivity index (χ0v) is 30.3. The molecule has 278 valence electrons. The van der Waals surface area contributed by atoms with Crippen LogP contribution < -0.4 is 4.74 Å². The molecule has 14 heteroatoms. The van der Waals surface area contributed by atoms with Crippen molar-refractivity contribution in [3.8, 4) is 5.75 Å². The van der Waals surface area contributed by atoms with Gasteiger partial charge < -0.3 is 42.6 Å². The molecule has 0 unspecified atom stereocenters. The normalized spacial score (nSPS) is 43.6. The smallest absolute Gasteiger partial charge is 0.338 e. The van der Waals surface area contributed by atoms with Crippen LogP contribution in [0.25, 0.3) is 0 Å². The molecule has 0 aromatic heterocycles. The first-order valence-corrected chi connectivity index (χ1v) is 17.4. The van der Waals surface area contributed by atoms with Crippen molar-refractivity contribution in [2.75, 3.05) is 42.2 Å². The second kappa shape index (κ2) is 12.2. The van der Waals surface area contributed by atoms with Gasteiger partial charge in [0.15, 0.2) is 11.7 Å². The Hall–Kier alpha value is -3.59. The molecular weight excluding hydrogens is 666 g/mol. The van der Waals surface area contributed by atoms with E-state index in [9.17, 15) is 19.2 Å². The molecule has 6 aliphatic rings. The summed E-state index contributed by atoms with van der Waals surface area (Å²) in [5.41, 5.74) is -5.93. The Morgan fingerprint density at radius 2 is 1.47 bits per heavy atom.